The van der Waals surface area contributed by atoms with E-state index in [-0.39, 0.29) is 0 Å². The molecule has 0 N–H and O–H groups in total. The zero-order valence-electron chi connectivity index (χ0n) is 42.0. The van der Waals surface area contributed by atoms with Crippen molar-refractivity contribution in [2.45, 2.75) is 186 Å². The van der Waals surface area contributed by atoms with Crippen molar-refractivity contribution in [3.63, 3.8) is 0 Å². The van der Waals surface area contributed by atoms with Crippen LogP contribution in [0.3, 0.4) is 0 Å². The molecule has 0 heterocycles. The van der Waals surface area contributed by atoms with Gasteiger partial charge in [0.1, 0.15) is 0 Å². The van der Waals surface area contributed by atoms with Gasteiger partial charge in [0.15, 0.2) is 0 Å². The molecule has 0 atom stereocenters. The minimum Gasteiger partial charge on any atom is -0.293 e. The highest BCUT2D eigenvalue weighted by Crippen LogP contribution is 2.25. The van der Waals surface area contributed by atoms with Crippen molar-refractivity contribution >= 4 is 24.9 Å². The lowest BCUT2D eigenvalue weighted by atomic mass is 9.88. The Kier molecular flexibility index (Phi) is 32.7. The van der Waals surface area contributed by atoms with E-state index in [1.54, 1.807) is 22.3 Å². The summed E-state index contributed by atoms with van der Waals surface area (Å²) in [7, 11) is 0. The van der Waals surface area contributed by atoms with E-state index in [0.29, 0.717) is 0 Å². The average Bonchev–Trinajstić information content (AvgIpc) is 3.25. The molecule has 0 aliphatic heterocycles. The molecular formula is C58H90N4. The molecule has 0 aliphatic rings. The third kappa shape index (κ3) is 29.2. The molecule has 1 aromatic rings. The Hall–Kier alpha value is -4.18. The highest BCUT2D eigenvalue weighted by Gasteiger charge is 2.11. The van der Waals surface area contributed by atoms with E-state index in [2.05, 4.69) is 144 Å². The van der Waals surface area contributed by atoms with E-state index in [1.807, 2.05) is 24.9 Å². The molecule has 4 nitrogen and oxygen atoms in total. The Balaban J connectivity index is 3.14. The minimum absolute atomic E-state index is 0.899. The first-order valence-electron chi connectivity index (χ1n) is 24.3. The van der Waals surface area contributed by atoms with Gasteiger partial charge in [-0.25, -0.2) is 0 Å². The van der Waals surface area contributed by atoms with Gasteiger partial charge in [-0.05, 0) is 205 Å². The third-order valence-corrected chi connectivity index (χ3v) is 11.3. The Morgan fingerprint density at radius 1 is 0.306 bits per heavy atom. The molecule has 0 radical (unpaired) electrons. The van der Waals surface area contributed by atoms with Crippen LogP contribution >= 0.6 is 0 Å². The second kappa shape index (κ2) is 36.3. The van der Waals surface area contributed by atoms with Gasteiger partial charge >= 0.3 is 0 Å². The predicted octanol–water partition coefficient (Wildman–Crippen LogP) is 16.5. The average molecular weight is 843 g/mol. The van der Waals surface area contributed by atoms with Crippen molar-refractivity contribution in [2.75, 3.05) is 26.2 Å². The lowest BCUT2D eigenvalue weighted by Gasteiger charge is -2.18. The number of unbranched alkanes of at least 4 members (excludes halogenated alkanes) is 8. The number of hydrogen-bond acceptors (Lipinski definition) is 4. The molecule has 0 spiro atoms. The molecule has 1 aromatic carbocycles. The maximum absolute atomic E-state index is 4.74. The van der Waals surface area contributed by atoms with E-state index in [0.717, 1.165) is 77.5 Å². The van der Waals surface area contributed by atoms with E-state index in [4.69, 9.17) is 20.0 Å². The van der Waals surface area contributed by atoms with Crippen LogP contribution in [0.15, 0.2) is 125 Å². The van der Waals surface area contributed by atoms with Crippen molar-refractivity contribution in [2.24, 2.45) is 20.0 Å². The maximum atomic E-state index is 4.74. The van der Waals surface area contributed by atoms with Gasteiger partial charge in [0.2, 0.25) is 0 Å². The molecule has 342 valence electrons. The van der Waals surface area contributed by atoms with Crippen LogP contribution < -0.4 is 0 Å². The van der Waals surface area contributed by atoms with Crippen molar-refractivity contribution in [3.05, 3.63) is 128 Å². The highest BCUT2D eigenvalue weighted by molar-refractivity contribution is 5.79. The summed E-state index contributed by atoms with van der Waals surface area (Å²) < 4.78 is 0. The predicted molar refractivity (Wildman–Crippen MR) is 283 cm³/mol. The van der Waals surface area contributed by atoms with Crippen LogP contribution in [0.2, 0.25) is 0 Å². The number of nitrogens with zero attached hydrogens (tertiary/aromatic N) is 4. The van der Waals surface area contributed by atoms with Crippen molar-refractivity contribution in [1.82, 2.24) is 0 Å². The lowest BCUT2D eigenvalue weighted by molar-refractivity contribution is 0.656. The third-order valence-electron chi connectivity index (χ3n) is 11.3. The van der Waals surface area contributed by atoms with E-state index >= 15 is 0 Å². The Morgan fingerprint density at radius 2 is 0.516 bits per heavy atom. The smallest absolute Gasteiger partial charge is 0.0389 e. The molecule has 4 heteroatoms. The van der Waals surface area contributed by atoms with Crippen molar-refractivity contribution < 1.29 is 0 Å². The van der Waals surface area contributed by atoms with Gasteiger partial charge in [-0.3, -0.25) is 20.0 Å². The summed E-state index contributed by atoms with van der Waals surface area (Å²) in [6.45, 7) is 29.1. The first-order valence-corrected chi connectivity index (χ1v) is 24.3. The molecule has 0 aliphatic carbocycles. The van der Waals surface area contributed by atoms with E-state index in [9.17, 15) is 0 Å². The molecule has 1 rings (SSSR count). The van der Waals surface area contributed by atoms with Gasteiger partial charge in [-0.2, -0.15) is 0 Å². The molecule has 0 unspecified atom stereocenters. The Morgan fingerprint density at radius 3 is 0.710 bits per heavy atom. The summed E-state index contributed by atoms with van der Waals surface area (Å²) in [5.41, 5.74) is 16.3. The number of aryl methyl sites for hydroxylation is 4. The summed E-state index contributed by atoms with van der Waals surface area (Å²) in [5, 5.41) is 0. The molecule has 62 heavy (non-hydrogen) atoms. The van der Waals surface area contributed by atoms with E-state index < -0.39 is 0 Å². The van der Waals surface area contributed by atoms with Crippen LogP contribution in [0.25, 0.3) is 0 Å². The van der Waals surface area contributed by atoms with Gasteiger partial charge in [-0.15, -0.1) is 0 Å². The summed E-state index contributed by atoms with van der Waals surface area (Å²) in [6, 6.07) is 5.27. The molecule has 0 saturated heterocycles. The van der Waals surface area contributed by atoms with Gasteiger partial charge in [-0.1, -0.05) is 109 Å². The van der Waals surface area contributed by atoms with Crippen molar-refractivity contribution in [3.8, 4) is 0 Å². The van der Waals surface area contributed by atoms with Gasteiger partial charge in [0.25, 0.3) is 0 Å². The Bertz CT molecular complexity index is 1530. The van der Waals surface area contributed by atoms with Crippen LogP contribution in [0.1, 0.15) is 182 Å². The topological polar surface area (TPSA) is 49.4 Å². The number of benzene rings is 1. The van der Waals surface area contributed by atoms with Gasteiger partial charge in [0, 0.05) is 51.0 Å². The Labute approximate surface area is 382 Å². The second-order valence-electron chi connectivity index (χ2n) is 17.5. The summed E-state index contributed by atoms with van der Waals surface area (Å²) in [6.07, 6.45) is 44.4. The van der Waals surface area contributed by atoms with Gasteiger partial charge in [0.05, 0.1) is 0 Å². The monoisotopic (exact) mass is 843 g/mol. The molecule has 0 saturated carbocycles. The van der Waals surface area contributed by atoms with Gasteiger partial charge < -0.3 is 0 Å². The lowest BCUT2D eigenvalue weighted by Crippen LogP contribution is -2.04. The number of rotatable bonds is 32. The zero-order valence-corrected chi connectivity index (χ0v) is 42.0. The minimum atomic E-state index is 0.899. The molecule has 0 fully saturated rings. The first kappa shape index (κ1) is 55.8. The fourth-order valence-electron chi connectivity index (χ4n) is 7.26. The molecule has 0 aromatic heterocycles. The fourth-order valence-corrected chi connectivity index (χ4v) is 7.26. The highest BCUT2D eigenvalue weighted by atomic mass is 14.7. The first-order chi connectivity index (χ1) is 29.9. The quantitative estimate of drug-likeness (QED) is 0.0394. The number of hydrogen-bond donors (Lipinski definition) is 0. The second-order valence-corrected chi connectivity index (χ2v) is 17.5. The van der Waals surface area contributed by atoms with Crippen LogP contribution in [-0.4, -0.2) is 51.0 Å². The number of aliphatic imine (C=N–C) groups is 4. The summed E-state index contributed by atoms with van der Waals surface area (Å²) >= 11 is 0. The largest absolute Gasteiger partial charge is 0.293 e. The van der Waals surface area contributed by atoms with Crippen LogP contribution in [0.5, 0.6) is 0 Å². The van der Waals surface area contributed by atoms with Crippen LogP contribution in [0.4, 0.5) is 0 Å². The standard InChI is InChI=1S/C58H90N4/c1-13-47(5)37-51(9)43-59-33-25-17-21-29-55-41-57(31-23-19-27-35-61-45-53(11)39-49(7)15-3)58(32-24-20-28-36-62-46-54(12)40-50(8)16-4)42-56(55)30-22-18-26-34-60-44-52(10)38-48(6)14-2/h13-16,37-46H,17-36H2,1-12H3/b47-13-,48-14-,49-15-,50-16-,51-37-,52-38-,53-39-,54-40-,59-43?,60-44?,61-45?,62-46?. The fraction of sp³-hybridized carbons (Fsp3) is 0.552. The SMILES string of the molecule is C/C=C(C)\C=C(\C)C=NCCCCCc1cc(CCCCCN=C/C(C)=C\C(C)=C/C)c(CCCCCN=C/C(C)=C\C(C)=C/C)cc1CCCCCN=C/C(C)=C\C(C)=C/C. The maximum Gasteiger partial charge on any atom is 0.0389 e. The number of allylic oxidation sites excluding steroid dienone is 16. The van der Waals surface area contributed by atoms with Crippen molar-refractivity contribution in [1.29, 1.82) is 0 Å². The summed E-state index contributed by atoms with van der Waals surface area (Å²) in [5.74, 6) is 0. The molecular weight excluding hydrogens is 753 g/mol. The normalized spacial score (nSPS) is 14.6. The van der Waals surface area contributed by atoms with Crippen LogP contribution in [0, 0.1) is 0 Å². The summed E-state index contributed by atoms with van der Waals surface area (Å²) in [4.78, 5) is 19.0. The zero-order chi connectivity index (χ0) is 45.8. The molecule has 0 bridgehead atoms. The van der Waals surface area contributed by atoms with E-state index in [1.165, 1.54) is 96.0 Å². The molecule has 0 amide bonds. The van der Waals surface area contributed by atoms with Crippen LogP contribution in [-0.2, 0) is 25.7 Å².